The number of rotatable bonds is 8. The van der Waals surface area contributed by atoms with Crippen molar-refractivity contribution in [1.82, 2.24) is 15.1 Å². The van der Waals surface area contributed by atoms with E-state index in [1.54, 1.807) is 17.0 Å². The summed E-state index contributed by atoms with van der Waals surface area (Å²) in [7, 11) is 0. The van der Waals surface area contributed by atoms with E-state index in [2.05, 4.69) is 24.0 Å². The lowest BCUT2D eigenvalue weighted by Crippen LogP contribution is -2.29. The summed E-state index contributed by atoms with van der Waals surface area (Å²) in [5, 5.41) is 19.0. The van der Waals surface area contributed by atoms with E-state index in [1.807, 2.05) is 48.5 Å². The van der Waals surface area contributed by atoms with Gasteiger partial charge in [-0.25, -0.2) is 0 Å². The molecule has 2 heterocycles. The Morgan fingerprint density at radius 1 is 1.08 bits per heavy atom. The molecule has 2 N–H and O–H groups in total. The summed E-state index contributed by atoms with van der Waals surface area (Å²) in [6.07, 6.45) is 0.939. The van der Waals surface area contributed by atoms with Gasteiger partial charge in [-0.1, -0.05) is 67.4 Å². The van der Waals surface area contributed by atoms with Gasteiger partial charge in [-0.2, -0.15) is 5.10 Å². The number of H-pyrrole nitrogens is 1. The van der Waals surface area contributed by atoms with Gasteiger partial charge >= 0.3 is 0 Å². The summed E-state index contributed by atoms with van der Waals surface area (Å²) in [5.74, 6) is 1.09. The van der Waals surface area contributed by atoms with Crippen molar-refractivity contribution in [2.24, 2.45) is 5.92 Å². The molecule has 0 spiro atoms. The first kappa shape index (κ1) is 25.2. The molecule has 190 valence electrons. The molecule has 0 bridgehead atoms. The fourth-order valence-corrected chi connectivity index (χ4v) is 4.97. The molecule has 6 nitrogen and oxygen atoms in total. The van der Waals surface area contributed by atoms with E-state index in [-0.39, 0.29) is 11.7 Å². The first-order valence-corrected chi connectivity index (χ1v) is 12.9. The molecule has 0 aliphatic carbocycles. The van der Waals surface area contributed by atoms with Crippen molar-refractivity contribution in [1.29, 1.82) is 0 Å². The van der Waals surface area contributed by atoms with Crippen molar-refractivity contribution >= 4 is 29.1 Å². The number of hydrogen-bond acceptors (Lipinski definition) is 4. The summed E-state index contributed by atoms with van der Waals surface area (Å²) < 4.78 is 6.03. The number of benzene rings is 3. The van der Waals surface area contributed by atoms with Gasteiger partial charge in [-0.3, -0.25) is 9.89 Å². The number of ether oxygens (including phenoxy) is 1. The van der Waals surface area contributed by atoms with Crippen molar-refractivity contribution in [2.75, 3.05) is 6.61 Å². The number of amides is 1. The first-order chi connectivity index (χ1) is 17.8. The van der Waals surface area contributed by atoms with E-state index in [9.17, 15) is 9.90 Å². The number of phenols is 1. The van der Waals surface area contributed by atoms with Gasteiger partial charge in [-0.05, 0) is 59.9 Å². The van der Waals surface area contributed by atoms with Crippen molar-refractivity contribution in [3.8, 4) is 22.8 Å². The molecule has 1 aromatic heterocycles. The number of carbonyl (C=O) groups excluding carboxylic acids is 1. The van der Waals surface area contributed by atoms with Crippen LogP contribution < -0.4 is 4.74 Å². The van der Waals surface area contributed by atoms with Gasteiger partial charge < -0.3 is 14.7 Å². The Hall–Kier alpha value is -3.48. The zero-order valence-electron chi connectivity index (χ0n) is 20.5. The number of hydrogen-bond donors (Lipinski definition) is 2. The van der Waals surface area contributed by atoms with E-state index in [1.165, 1.54) is 6.07 Å². The van der Waals surface area contributed by atoms with E-state index >= 15 is 0 Å². The molecule has 1 unspecified atom stereocenters. The Balaban J connectivity index is 1.61. The van der Waals surface area contributed by atoms with Gasteiger partial charge in [0.2, 0.25) is 0 Å². The maximum Gasteiger partial charge on any atom is 0.273 e. The van der Waals surface area contributed by atoms with Crippen LogP contribution in [0.15, 0.2) is 66.7 Å². The van der Waals surface area contributed by atoms with Crippen molar-refractivity contribution in [3.63, 3.8) is 0 Å². The van der Waals surface area contributed by atoms with Crippen LogP contribution >= 0.6 is 23.2 Å². The molecule has 4 aromatic rings. The fourth-order valence-electron chi connectivity index (χ4n) is 4.61. The van der Waals surface area contributed by atoms with Crippen LogP contribution in [0.4, 0.5) is 0 Å². The van der Waals surface area contributed by atoms with Crippen LogP contribution in [0.3, 0.4) is 0 Å². The van der Waals surface area contributed by atoms with Crippen LogP contribution in [0.2, 0.25) is 10.0 Å². The zero-order valence-corrected chi connectivity index (χ0v) is 22.1. The van der Waals surface area contributed by atoms with Crippen molar-refractivity contribution < 1.29 is 14.6 Å². The highest BCUT2D eigenvalue weighted by Gasteiger charge is 2.42. The topological polar surface area (TPSA) is 78.5 Å². The van der Waals surface area contributed by atoms with Crippen molar-refractivity contribution in [2.45, 2.75) is 32.9 Å². The predicted octanol–water partition coefficient (Wildman–Crippen LogP) is 7.26. The van der Waals surface area contributed by atoms with Gasteiger partial charge in [0.1, 0.15) is 22.9 Å². The Labute approximate surface area is 225 Å². The van der Waals surface area contributed by atoms with Gasteiger partial charge in [0.25, 0.3) is 5.91 Å². The second-order valence-corrected chi connectivity index (χ2v) is 10.4. The molecule has 5 rings (SSSR count). The van der Waals surface area contributed by atoms with Crippen LogP contribution in [-0.2, 0) is 6.54 Å². The minimum absolute atomic E-state index is 0.0280. The molecular formula is C29H27Cl2N3O3. The number of aromatic nitrogens is 2. The van der Waals surface area contributed by atoms with Gasteiger partial charge in [0, 0.05) is 27.7 Å². The first-order valence-electron chi connectivity index (χ1n) is 12.2. The van der Waals surface area contributed by atoms with Crippen LogP contribution in [0.1, 0.15) is 53.5 Å². The van der Waals surface area contributed by atoms with Crippen LogP contribution in [0.5, 0.6) is 11.5 Å². The normalized spacial score (nSPS) is 14.9. The van der Waals surface area contributed by atoms with E-state index < -0.39 is 6.04 Å². The third-order valence-corrected chi connectivity index (χ3v) is 7.12. The fraction of sp³-hybridized carbons (Fsp3) is 0.241. The molecule has 0 radical (unpaired) electrons. The van der Waals surface area contributed by atoms with Gasteiger partial charge in [-0.15, -0.1) is 0 Å². The molecule has 0 fully saturated rings. The lowest BCUT2D eigenvalue weighted by Gasteiger charge is -2.27. The molecular weight excluding hydrogens is 509 g/mol. The van der Waals surface area contributed by atoms with Crippen LogP contribution in [0.25, 0.3) is 11.3 Å². The molecule has 1 aliphatic heterocycles. The Bertz CT molecular complexity index is 1450. The highest BCUT2D eigenvalue weighted by molar-refractivity contribution is 6.31. The number of aromatic amines is 1. The van der Waals surface area contributed by atoms with Crippen LogP contribution in [-0.4, -0.2) is 32.7 Å². The monoisotopic (exact) mass is 535 g/mol. The lowest BCUT2D eigenvalue weighted by molar-refractivity contribution is 0.0730. The van der Waals surface area contributed by atoms with E-state index in [0.29, 0.717) is 51.6 Å². The Kier molecular flexibility index (Phi) is 7.13. The maximum absolute atomic E-state index is 13.7. The molecule has 0 saturated heterocycles. The van der Waals surface area contributed by atoms with Crippen molar-refractivity contribution in [3.05, 3.63) is 99.2 Å². The number of phenolic OH excluding ortho intramolecular Hbond substituents is 1. The summed E-state index contributed by atoms with van der Waals surface area (Å²) >= 11 is 12.7. The molecule has 1 atom stereocenters. The molecule has 1 amide bonds. The second kappa shape index (κ2) is 10.5. The average molecular weight is 536 g/mol. The predicted molar refractivity (Wildman–Crippen MR) is 145 cm³/mol. The lowest BCUT2D eigenvalue weighted by atomic mass is 9.95. The zero-order chi connectivity index (χ0) is 26.1. The maximum atomic E-state index is 13.7. The van der Waals surface area contributed by atoms with E-state index in [4.69, 9.17) is 27.9 Å². The summed E-state index contributed by atoms with van der Waals surface area (Å²) in [4.78, 5) is 15.5. The molecule has 8 heteroatoms. The molecule has 0 saturated carbocycles. The number of carbonyl (C=O) groups is 1. The van der Waals surface area contributed by atoms with Crippen LogP contribution in [0, 0.1) is 5.92 Å². The van der Waals surface area contributed by atoms with Gasteiger partial charge in [0.15, 0.2) is 0 Å². The number of halogens is 2. The Morgan fingerprint density at radius 2 is 1.89 bits per heavy atom. The minimum Gasteiger partial charge on any atom is -0.507 e. The number of nitrogens with one attached hydrogen (secondary N) is 1. The highest BCUT2D eigenvalue weighted by Crippen LogP contribution is 2.46. The van der Waals surface area contributed by atoms with E-state index in [0.717, 1.165) is 23.3 Å². The Morgan fingerprint density at radius 3 is 2.68 bits per heavy atom. The third-order valence-electron chi connectivity index (χ3n) is 6.51. The highest BCUT2D eigenvalue weighted by atomic mass is 35.5. The number of aromatic hydroxyl groups is 1. The summed E-state index contributed by atoms with van der Waals surface area (Å²) in [6.45, 7) is 5.21. The third kappa shape index (κ3) is 5.04. The smallest absolute Gasteiger partial charge is 0.273 e. The molecule has 37 heavy (non-hydrogen) atoms. The standard InChI is InChI=1S/C29H27Cl2N3O3/c1-17(2)12-13-37-21-8-5-7-18(14-21)28-25-26(22-15-20(30)10-11-24(22)35)32-33-27(25)29(36)34(28)16-19-6-3-4-9-23(19)31/h3-11,14-15,17,28,35H,12-13,16H2,1-2H3,(H,32,33). The summed E-state index contributed by atoms with van der Waals surface area (Å²) in [5.41, 5.74) is 3.67. The molecule has 3 aromatic carbocycles. The summed E-state index contributed by atoms with van der Waals surface area (Å²) in [6, 6.07) is 19.5. The molecule has 1 aliphatic rings. The SMILES string of the molecule is CC(C)CCOc1cccc(C2c3c(-c4cc(Cl)ccc4O)n[nH]c3C(=O)N2Cc2ccccc2Cl)c1. The largest absolute Gasteiger partial charge is 0.507 e. The number of nitrogens with zero attached hydrogens (tertiary/aromatic N) is 2. The second-order valence-electron chi connectivity index (χ2n) is 9.55. The minimum atomic E-state index is -0.487. The number of fused-ring (bicyclic) bond motifs is 1. The van der Waals surface area contributed by atoms with Gasteiger partial charge in [0.05, 0.1) is 12.6 Å². The average Bonchev–Trinajstić information content (AvgIpc) is 3.41. The quantitative estimate of drug-likeness (QED) is 0.249.